The summed E-state index contributed by atoms with van der Waals surface area (Å²) in [4.78, 5) is 59.4. The fourth-order valence-corrected chi connectivity index (χ4v) is 6.54. The maximum absolute atomic E-state index is 11.3. The molecule has 0 amide bonds. The maximum Gasteiger partial charge on any atom is 2.00 e. The van der Waals surface area contributed by atoms with Gasteiger partial charge in [-0.1, -0.05) is 47.5 Å². The van der Waals surface area contributed by atoms with E-state index in [0.29, 0.717) is 0 Å². The molecular weight excluding hydrogens is 822 g/mol. The Labute approximate surface area is 269 Å². The molecule has 0 saturated carbocycles. The van der Waals surface area contributed by atoms with Gasteiger partial charge in [0.1, 0.15) is 21.2 Å². The van der Waals surface area contributed by atoms with Gasteiger partial charge in [-0.15, -0.1) is 23.2 Å². The Morgan fingerprint density at radius 2 is 0.811 bits per heavy atom. The van der Waals surface area contributed by atoms with Gasteiger partial charge in [-0.05, 0) is 39.5 Å². The Balaban J connectivity index is -0.000000578. The summed E-state index contributed by atoms with van der Waals surface area (Å²) in [5, 5.41) is -0.113. The molecule has 0 heterocycles. The van der Waals surface area contributed by atoms with E-state index < -0.39 is 40.1 Å². The fraction of sp³-hybridized carbons (Fsp3) is 0.143. The minimum Gasteiger partial charge on any atom is -0.809 e. The molecule has 0 aromatic heterocycles. The van der Waals surface area contributed by atoms with Crippen LogP contribution in [0.5, 0.6) is 11.5 Å². The molecule has 12 nitrogen and oxygen atoms in total. The van der Waals surface area contributed by atoms with Gasteiger partial charge in [-0.25, -0.2) is 0 Å². The molecule has 0 radical (unpaired) electrons. The Morgan fingerprint density at radius 1 is 0.568 bits per heavy atom. The second-order valence-electron chi connectivity index (χ2n) is 5.82. The third-order valence-corrected chi connectivity index (χ3v) is 13.0. The first-order valence-electron chi connectivity index (χ1n) is 8.10. The molecule has 2 aromatic carbocycles. The van der Waals surface area contributed by atoms with Crippen molar-refractivity contribution in [3.8, 4) is 11.5 Å². The largest absolute Gasteiger partial charge is 2.00 e. The van der Waals surface area contributed by atoms with Crippen molar-refractivity contribution in [2.45, 2.75) is 9.72 Å². The Bertz CT molecular complexity index is 1110. The summed E-state index contributed by atoms with van der Waals surface area (Å²) in [6, 6.07) is 10.9. The molecule has 0 fully saturated rings. The van der Waals surface area contributed by atoms with Crippen LogP contribution >= 0.6 is 76.8 Å². The average Bonchev–Trinajstić information content (AvgIpc) is 2.69. The number of alkyl halides is 2. The van der Waals surface area contributed by atoms with Crippen molar-refractivity contribution in [3.63, 3.8) is 0 Å². The van der Waals surface area contributed by atoms with E-state index in [2.05, 4.69) is 9.05 Å². The molecule has 2 rings (SSSR count). The molecule has 0 aliphatic rings. The van der Waals surface area contributed by atoms with Crippen LogP contribution in [0.25, 0.3) is 0 Å². The summed E-state index contributed by atoms with van der Waals surface area (Å²) >= 11 is 21.2. The van der Waals surface area contributed by atoms with Crippen molar-refractivity contribution in [2.24, 2.45) is 0 Å². The maximum atomic E-state index is 11.3. The molecular formula is C14H10Cl4O12P4Zn3. The second-order valence-corrected chi connectivity index (χ2v) is 16.3. The van der Waals surface area contributed by atoms with E-state index in [-0.39, 0.29) is 80.0 Å². The molecule has 0 aliphatic carbocycles. The van der Waals surface area contributed by atoms with Crippen molar-refractivity contribution < 1.29 is 115 Å². The standard InChI is InChI=1S/2C7H8Cl2O6P2.3Zn/c2*8-5-3-1-2-4-6(5)15-17(13,14)7(9)16(10,11)12;;;/h2*1-4,7H,(H,13,14)(H2,10,11,12);;;/q;;3*+2/p-6. The van der Waals surface area contributed by atoms with Crippen LogP contribution in [-0.2, 0) is 76.7 Å². The van der Waals surface area contributed by atoms with Gasteiger partial charge in [0.05, 0.1) is 10.0 Å². The summed E-state index contributed by atoms with van der Waals surface area (Å²) in [5.74, 6) is -0.599. The van der Waals surface area contributed by atoms with Crippen LogP contribution in [0, 0.1) is 0 Å². The molecule has 0 spiro atoms. The van der Waals surface area contributed by atoms with E-state index in [1.807, 2.05) is 0 Å². The SMILES string of the molecule is O=P([O-])([O-])C(Cl)P(=O)([O-])Oc1ccccc1Cl.O=P([O-])([O-])C(Cl)P(=O)([O-])Oc1ccccc1Cl.[Zn+2].[Zn+2].[Zn+2]. The summed E-state index contributed by atoms with van der Waals surface area (Å²) in [6.45, 7) is 0. The average molecular weight is 832 g/mol. The molecule has 4 atom stereocenters. The number of hydrogen-bond acceptors (Lipinski definition) is 12. The normalized spacial score (nSPS) is 15.8. The molecule has 0 bridgehead atoms. The predicted molar refractivity (Wildman–Crippen MR) is 114 cm³/mol. The van der Waals surface area contributed by atoms with E-state index in [1.54, 1.807) is 0 Å². The topological polar surface area (TPSA) is 225 Å². The number of halogens is 4. The molecule has 37 heavy (non-hydrogen) atoms. The zero-order valence-corrected chi connectivity index (χ0v) is 33.6. The summed E-state index contributed by atoms with van der Waals surface area (Å²) < 4.78 is 52.5. The number of rotatable bonds is 8. The van der Waals surface area contributed by atoms with Crippen LogP contribution in [0.2, 0.25) is 10.0 Å². The molecule has 192 valence electrons. The first kappa shape index (κ1) is 43.2. The van der Waals surface area contributed by atoms with E-state index >= 15 is 0 Å². The van der Waals surface area contributed by atoms with Crippen LogP contribution < -0.4 is 38.4 Å². The van der Waals surface area contributed by atoms with Crippen LogP contribution in [0.4, 0.5) is 0 Å². The minimum atomic E-state index is -5.51. The van der Waals surface area contributed by atoms with Gasteiger partial charge < -0.3 is 47.5 Å². The van der Waals surface area contributed by atoms with Gasteiger partial charge in [0, 0.05) is 0 Å². The quantitative estimate of drug-likeness (QED) is 0.209. The van der Waals surface area contributed by atoms with E-state index in [4.69, 9.17) is 46.4 Å². The third-order valence-electron chi connectivity index (χ3n) is 3.17. The van der Waals surface area contributed by atoms with Gasteiger partial charge >= 0.3 is 58.4 Å². The number of para-hydroxylation sites is 2. The summed E-state index contributed by atoms with van der Waals surface area (Å²) in [7, 11) is -21.2. The number of benzene rings is 2. The predicted octanol–water partition coefficient (Wildman–Crippen LogP) is 1.41. The monoisotopic (exact) mass is 826 g/mol. The third kappa shape index (κ3) is 14.5. The smallest absolute Gasteiger partial charge is 0.809 e. The zero-order chi connectivity index (χ0) is 26.5. The molecule has 0 N–H and O–H groups in total. The van der Waals surface area contributed by atoms with Crippen LogP contribution in [0.3, 0.4) is 0 Å². The molecule has 0 saturated heterocycles. The molecule has 4 unspecified atom stereocenters. The van der Waals surface area contributed by atoms with E-state index in [1.165, 1.54) is 48.5 Å². The second kappa shape index (κ2) is 17.6. The first-order chi connectivity index (χ1) is 15.3. The minimum absolute atomic E-state index is 0. The van der Waals surface area contributed by atoms with E-state index in [9.17, 15) is 47.6 Å². The first-order valence-corrected chi connectivity index (χ1v) is 16.2. The Hall–Kier alpha value is 1.75. The Kier molecular flexibility index (Phi) is 20.6. The number of hydrogen-bond donors (Lipinski definition) is 0. The van der Waals surface area contributed by atoms with Crippen molar-refractivity contribution in [1.82, 2.24) is 0 Å². The zero-order valence-electron chi connectivity index (χ0n) is 18.1. The van der Waals surface area contributed by atoms with Crippen LogP contribution in [0.15, 0.2) is 48.5 Å². The van der Waals surface area contributed by atoms with E-state index in [0.717, 1.165) is 0 Å². The van der Waals surface area contributed by atoms with Gasteiger partial charge in [0.25, 0.3) is 0 Å². The molecule has 2 aromatic rings. The summed E-state index contributed by atoms with van der Waals surface area (Å²) in [5.41, 5.74) is 0. The van der Waals surface area contributed by atoms with Crippen LogP contribution in [-0.4, -0.2) is 9.72 Å². The van der Waals surface area contributed by atoms with Gasteiger partial charge in [0.2, 0.25) is 15.2 Å². The van der Waals surface area contributed by atoms with Gasteiger partial charge in [-0.2, -0.15) is 0 Å². The Morgan fingerprint density at radius 3 is 1.03 bits per heavy atom. The van der Waals surface area contributed by atoms with Crippen molar-refractivity contribution in [3.05, 3.63) is 58.6 Å². The molecule has 0 aliphatic heterocycles. The van der Waals surface area contributed by atoms with Crippen molar-refractivity contribution in [1.29, 1.82) is 0 Å². The summed E-state index contributed by atoms with van der Waals surface area (Å²) in [6.07, 6.45) is 0. The van der Waals surface area contributed by atoms with Crippen molar-refractivity contribution >= 4 is 76.8 Å². The van der Waals surface area contributed by atoms with Crippen molar-refractivity contribution in [2.75, 3.05) is 0 Å². The fourth-order valence-electron chi connectivity index (χ4n) is 1.75. The molecule has 23 heteroatoms. The van der Waals surface area contributed by atoms with Gasteiger partial charge in [0.15, 0.2) is 0 Å². The van der Waals surface area contributed by atoms with Crippen LogP contribution in [0.1, 0.15) is 0 Å². The van der Waals surface area contributed by atoms with Gasteiger partial charge in [-0.3, -0.25) is 9.13 Å².